The fraction of sp³-hybridized carbons (Fsp3) is 0.385. The summed E-state index contributed by atoms with van der Waals surface area (Å²) in [6.07, 6.45) is 3.79. The molecule has 2 saturated heterocycles. The number of nitrogens with zero attached hydrogens (tertiary/aromatic N) is 2. The Balaban J connectivity index is 1.28. The molecule has 3 aliphatic rings. The van der Waals surface area contributed by atoms with Gasteiger partial charge in [0.05, 0.1) is 11.1 Å². The van der Waals surface area contributed by atoms with E-state index in [9.17, 15) is 4.79 Å². The first-order valence-electron chi connectivity index (χ1n) is 11.4. The first kappa shape index (κ1) is 18.8. The number of amides is 1. The number of nitrogens with one attached hydrogen (secondary N) is 2. The van der Waals surface area contributed by atoms with Gasteiger partial charge in [0.2, 0.25) is 0 Å². The SMILES string of the molecule is Cc1ccc(N2CC3CNCC3C2)cc1C(=O)NC1(c2ccnc3ccccc23)CC1. The molecule has 5 heteroatoms. The number of anilines is 1. The Morgan fingerprint density at radius 3 is 2.65 bits per heavy atom. The van der Waals surface area contributed by atoms with Crippen LogP contribution in [0.15, 0.2) is 54.7 Å². The third-order valence-electron chi connectivity index (χ3n) is 7.49. The van der Waals surface area contributed by atoms with Gasteiger partial charge in [0.1, 0.15) is 0 Å². The summed E-state index contributed by atoms with van der Waals surface area (Å²) in [5.74, 6) is 1.49. The summed E-state index contributed by atoms with van der Waals surface area (Å²) < 4.78 is 0. The van der Waals surface area contributed by atoms with E-state index in [0.29, 0.717) is 0 Å². The van der Waals surface area contributed by atoms with Crippen molar-refractivity contribution >= 4 is 22.5 Å². The fourth-order valence-electron chi connectivity index (χ4n) is 5.50. The third kappa shape index (κ3) is 3.19. The number of carbonyl (C=O) groups is 1. The van der Waals surface area contributed by atoms with E-state index in [1.807, 2.05) is 31.3 Å². The van der Waals surface area contributed by atoms with Gasteiger partial charge < -0.3 is 15.5 Å². The van der Waals surface area contributed by atoms with Crippen LogP contribution >= 0.6 is 0 Å². The maximum atomic E-state index is 13.4. The molecule has 5 nitrogen and oxygen atoms in total. The number of aryl methyl sites for hydroxylation is 1. The van der Waals surface area contributed by atoms with Gasteiger partial charge in [-0.15, -0.1) is 0 Å². The third-order valence-corrected chi connectivity index (χ3v) is 7.49. The van der Waals surface area contributed by atoms with Crippen LogP contribution in [0, 0.1) is 18.8 Å². The predicted octanol–water partition coefficient (Wildman–Crippen LogP) is 3.62. The van der Waals surface area contributed by atoms with Crippen molar-refractivity contribution in [3.05, 3.63) is 71.4 Å². The van der Waals surface area contributed by atoms with Gasteiger partial charge in [0, 0.05) is 49.0 Å². The zero-order valence-corrected chi connectivity index (χ0v) is 17.9. The van der Waals surface area contributed by atoms with Crippen molar-refractivity contribution in [1.82, 2.24) is 15.6 Å². The van der Waals surface area contributed by atoms with Gasteiger partial charge in [0.25, 0.3) is 5.91 Å². The molecule has 0 bridgehead atoms. The molecular formula is C26H28N4O. The van der Waals surface area contributed by atoms with Crippen molar-refractivity contribution in [1.29, 1.82) is 0 Å². The average Bonchev–Trinajstić information content (AvgIpc) is 3.23. The Morgan fingerprint density at radius 1 is 1.10 bits per heavy atom. The summed E-state index contributed by atoms with van der Waals surface area (Å²) in [5.41, 5.74) is 4.87. The van der Waals surface area contributed by atoms with Gasteiger partial charge in [0.15, 0.2) is 0 Å². The molecule has 2 aliphatic heterocycles. The fourth-order valence-corrected chi connectivity index (χ4v) is 5.50. The normalized spacial score (nSPS) is 23.7. The number of carbonyl (C=O) groups excluding carboxylic acids is 1. The molecule has 31 heavy (non-hydrogen) atoms. The lowest BCUT2D eigenvalue weighted by atomic mass is 9.99. The van der Waals surface area contributed by atoms with Gasteiger partial charge in [-0.25, -0.2) is 0 Å². The van der Waals surface area contributed by atoms with E-state index in [0.717, 1.165) is 72.9 Å². The number of benzene rings is 2. The number of para-hydroxylation sites is 1. The molecule has 3 fully saturated rings. The van der Waals surface area contributed by atoms with Crippen molar-refractivity contribution in [2.75, 3.05) is 31.1 Å². The van der Waals surface area contributed by atoms with Gasteiger partial charge in [-0.05, 0) is 67.0 Å². The highest BCUT2D eigenvalue weighted by Crippen LogP contribution is 2.48. The number of aromatic nitrogens is 1. The first-order valence-corrected chi connectivity index (χ1v) is 11.4. The second-order valence-corrected chi connectivity index (χ2v) is 9.49. The zero-order valence-electron chi connectivity index (χ0n) is 17.9. The molecular weight excluding hydrogens is 384 g/mol. The summed E-state index contributed by atoms with van der Waals surface area (Å²) in [6, 6.07) is 16.6. The number of pyridine rings is 1. The van der Waals surface area contributed by atoms with E-state index in [4.69, 9.17) is 0 Å². The number of hydrogen-bond acceptors (Lipinski definition) is 4. The first-order chi connectivity index (χ1) is 15.1. The maximum Gasteiger partial charge on any atom is 0.252 e. The van der Waals surface area contributed by atoms with E-state index in [1.165, 1.54) is 11.3 Å². The number of hydrogen-bond donors (Lipinski definition) is 2. The summed E-state index contributed by atoms with van der Waals surface area (Å²) >= 11 is 0. The highest BCUT2D eigenvalue weighted by molar-refractivity contribution is 5.98. The largest absolute Gasteiger partial charge is 0.371 e. The van der Waals surface area contributed by atoms with Crippen LogP contribution in [-0.2, 0) is 5.54 Å². The Labute approximate surface area is 182 Å². The van der Waals surface area contributed by atoms with E-state index >= 15 is 0 Å². The smallest absolute Gasteiger partial charge is 0.252 e. The van der Waals surface area contributed by atoms with Crippen LogP contribution in [0.1, 0.15) is 34.3 Å². The number of fused-ring (bicyclic) bond motifs is 2. The summed E-state index contributed by atoms with van der Waals surface area (Å²) in [4.78, 5) is 20.4. The van der Waals surface area contributed by atoms with E-state index < -0.39 is 0 Å². The van der Waals surface area contributed by atoms with Gasteiger partial charge in [-0.2, -0.15) is 0 Å². The minimum absolute atomic E-state index is 0.0267. The van der Waals surface area contributed by atoms with Crippen molar-refractivity contribution in [3.63, 3.8) is 0 Å². The van der Waals surface area contributed by atoms with Gasteiger partial charge >= 0.3 is 0 Å². The van der Waals surface area contributed by atoms with Crippen LogP contribution in [0.3, 0.4) is 0 Å². The second kappa shape index (κ2) is 7.06. The Kier molecular flexibility index (Phi) is 4.29. The van der Waals surface area contributed by atoms with Crippen molar-refractivity contribution in [2.24, 2.45) is 11.8 Å². The molecule has 2 N–H and O–H groups in total. The van der Waals surface area contributed by atoms with Crippen molar-refractivity contribution in [3.8, 4) is 0 Å². The Hall–Kier alpha value is -2.92. The lowest BCUT2D eigenvalue weighted by Crippen LogP contribution is -2.35. The minimum atomic E-state index is -0.279. The molecule has 6 rings (SSSR count). The second-order valence-electron chi connectivity index (χ2n) is 9.49. The van der Waals surface area contributed by atoms with Crippen LogP contribution in [0.4, 0.5) is 5.69 Å². The molecule has 1 aliphatic carbocycles. The zero-order chi connectivity index (χ0) is 21.0. The highest BCUT2D eigenvalue weighted by Gasteiger charge is 2.47. The Morgan fingerprint density at radius 2 is 1.87 bits per heavy atom. The van der Waals surface area contributed by atoms with Crippen molar-refractivity contribution < 1.29 is 4.79 Å². The molecule has 1 amide bonds. The van der Waals surface area contributed by atoms with E-state index in [2.05, 4.69) is 50.8 Å². The molecule has 3 aromatic rings. The van der Waals surface area contributed by atoms with E-state index in [-0.39, 0.29) is 11.4 Å². The topological polar surface area (TPSA) is 57.3 Å². The molecule has 1 aromatic heterocycles. The molecule has 2 aromatic carbocycles. The molecule has 158 valence electrons. The molecule has 1 saturated carbocycles. The molecule has 3 heterocycles. The van der Waals surface area contributed by atoms with Crippen LogP contribution in [0.2, 0.25) is 0 Å². The summed E-state index contributed by atoms with van der Waals surface area (Å²) in [5, 5.41) is 8.03. The quantitative estimate of drug-likeness (QED) is 0.687. The lowest BCUT2D eigenvalue weighted by molar-refractivity contribution is 0.0930. The van der Waals surface area contributed by atoms with Crippen LogP contribution in [-0.4, -0.2) is 37.1 Å². The maximum absolute atomic E-state index is 13.4. The van der Waals surface area contributed by atoms with Gasteiger partial charge in [-0.3, -0.25) is 9.78 Å². The predicted molar refractivity (Wildman–Crippen MR) is 123 cm³/mol. The van der Waals surface area contributed by atoms with Crippen LogP contribution < -0.4 is 15.5 Å². The lowest BCUT2D eigenvalue weighted by Gasteiger charge is -2.23. The molecule has 0 radical (unpaired) electrons. The molecule has 0 spiro atoms. The summed E-state index contributed by atoms with van der Waals surface area (Å²) in [7, 11) is 0. The average molecular weight is 413 g/mol. The van der Waals surface area contributed by atoms with Crippen LogP contribution in [0.5, 0.6) is 0 Å². The number of rotatable bonds is 4. The summed E-state index contributed by atoms with van der Waals surface area (Å²) in [6.45, 7) is 6.41. The molecule has 2 unspecified atom stereocenters. The van der Waals surface area contributed by atoms with E-state index in [1.54, 1.807) is 0 Å². The van der Waals surface area contributed by atoms with Crippen molar-refractivity contribution in [2.45, 2.75) is 25.3 Å². The highest BCUT2D eigenvalue weighted by atomic mass is 16.1. The molecule has 2 atom stereocenters. The minimum Gasteiger partial charge on any atom is -0.371 e. The van der Waals surface area contributed by atoms with Gasteiger partial charge in [-0.1, -0.05) is 24.3 Å². The Bertz CT molecular complexity index is 1150. The standard InChI is InChI=1S/C26H28N4O/c1-17-6-7-20(30-15-18-13-27-14-19(18)16-30)12-22(17)25(31)29-26(9-10-26)23-8-11-28-24-5-3-2-4-21(23)24/h2-8,11-12,18-19,27H,9-10,13-16H2,1H3,(H,29,31). The monoisotopic (exact) mass is 412 g/mol. The van der Waals surface area contributed by atoms with Crippen LogP contribution in [0.25, 0.3) is 10.9 Å².